The van der Waals surface area contributed by atoms with Gasteiger partial charge >= 0.3 is 5.97 Å². The molecule has 1 atom stereocenters. The Kier molecular flexibility index (Phi) is 3.55. The SMILES string of the molecule is NCC(N)c1ccc(-c2ccc(C(=O)O)c(O)c2)o1. The number of phenols is 1. The summed E-state index contributed by atoms with van der Waals surface area (Å²) in [5.74, 6) is -0.467. The minimum absolute atomic E-state index is 0.158. The van der Waals surface area contributed by atoms with Crippen molar-refractivity contribution in [2.24, 2.45) is 11.5 Å². The standard InChI is InChI=1S/C13H14N2O4/c14-6-9(15)12-4-3-11(19-12)7-1-2-8(13(17)18)10(16)5-7/h1-5,9,16H,6,14-15H2,(H,17,18). The molecule has 1 unspecified atom stereocenters. The van der Waals surface area contributed by atoms with E-state index in [1.54, 1.807) is 18.2 Å². The predicted molar refractivity (Wildman–Crippen MR) is 68.8 cm³/mol. The van der Waals surface area contributed by atoms with Gasteiger partial charge in [0, 0.05) is 12.1 Å². The zero-order valence-corrected chi connectivity index (χ0v) is 10.0. The highest BCUT2D eigenvalue weighted by Crippen LogP contribution is 2.29. The van der Waals surface area contributed by atoms with Crippen LogP contribution in [-0.4, -0.2) is 22.7 Å². The molecule has 1 aromatic carbocycles. The monoisotopic (exact) mass is 262 g/mol. The van der Waals surface area contributed by atoms with Crippen molar-refractivity contribution in [1.82, 2.24) is 0 Å². The lowest BCUT2D eigenvalue weighted by Crippen LogP contribution is -2.19. The summed E-state index contributed by atoms with van der Waals surface area (Å²) < 4.78 is 5.51. The molecule has 0 fully saturated rings. The average molecular weight is 262 g/mol. The second-order valence-electron chi connectivity index (χ2n) is 4.08. The van der Waals surface area contributed by atoms with E-state index < -0.39 is 5.97 Å². The van der Waals surface area contributed by atoms with Gasteiger partial charge in [0.25, 0.3) is 0 Å². The van der Waals surface area contributed by atoms with E-state index in [1.165, 1.54) is 12.1 Å². The normalized spacial score (nSPS) is 12.3. The van der Waals surface area contributed by atoms with Gasteiger partial charge in [-0.25, -0.2) is 4.79 Å². The Balaban J connectivity index is 2.35. The number of benzene rings is 1. The van der Waals surface area contributed by atoms with Crippen molar-refractivity contribution in [3.63, 3.8) is 0 Å². The van der Waals surface area contributed by atoms with Crippen LogP contribution in [0, 0.1) is 0 Å². The molecule has 1 heterocycles. The van der Waals surface area contributed by atoms with Gasteiger partial charge in [-0.3, -0.25) is 0 Å². The number of carboxylic acid groups (broad SMARTS) is 1. The molecule has 1 aromatic heterocycles. The Morgan fingerprint density at radius 1 is 1.32 bits per heavy atom. The van der Waals surface area contributed by atoms with Crippen LogP contribution in [0.4, 0.5) is 0 Å². The van der Waals surface area contributed by atoms with Crippen LogP contribution in [0.25, 0.3) is 11.3 Å². The lowest BCUT2D eigenvalue weighted by molar-refractivity contribution is 0.0694. The molecule has 100 valence electrons. The molecule has 0 bridgehead atoms. The molecule has 0 aliphatic carbocycles. The fraction of sp³-hybridized carbons (Fsp3) is 0.154. The van der Waals surface area contributed by atoms with Crippen LogP contribution in [0.1, 0.15) is 22.2 Å². The number of carboxylic acids is 1. The summed E-state index contributed by atoms with van der Waals surface area (Å²) in [7, 11) is 0. The number of hydrogen-bond donors (Lipinski definition) is 4. The van der Waals surface area contributed by atoms with Crippen molar-refractivity contribution in [3.8, 4) is 17.1 Å². The van der Waals surface area contributed by atoms with Gasteiger partial charge in [-0.05, 0) is 24.3 Å². The van der Waals surface area contributed by atoms with E-state index in [0.29, 0.717) is 17.1 Å². The molecule has 6 N–H and O–H groups in total. The summed E-state index contributed by atoms with van der Waals surface area (Å²) in [6, 6.07) is 7.22. The first kappa shape index (κ1) is 13.1. The van der Waals surface area contributed by atoms with Gasteiger partial charge in [-0.15, -0.1) is 0 Å². The average Bonchev–Trinajstić information content (AvgIpc) is 2.86. The van der Waals surface area contributed by atoms with Gasteiger partial charge in [-0.2, -0.15) is 0 Å². The van der Waals surface area contributed by atoms with E-state index in [2.05, 4.69) is 0 Å². The maximum atomic E-state index is 10.8. The summed E-state index contributed by atoms with van der Waals surface area (Å²) in [6.07, 6.45) is 0. The van der Waals surface area contributed by atoms with Crippen molar-refractivity contribution < 1.29 is 19.4 Å². The van der Waals surface area contributed by atoms with E-state index in [-0.39, 0.29) is 23.9 Å². The van der Waals surface area contributed by atoms with Crippen molar-refractivity contribution >= 4 is 5.97 Å². The molecular formula is C13H14N2O4. The Labute approximate surface area is 109 Å². The topological polar surface area (TPSA) is 123 Å². The van der Waals surface area contributed by atoms with Gasteiger partial charge in [-0.1, -0.05) is 6.07 Å². The highest BCUT2D eigenvalue weighted by Gasteiger charge is 2.14. The van der Waals surface area contributed by atoms with Crippen molar-refractivity contribution in [2.75, 3.05) is 6.54 Å². The number of rotatable bonds is 4. The molecule has 2 aromatic rings. The maximum Gasteiger partial charge on any atom is 0.339 e. The smallest absolute Gasteiger partial charge is 0.339 e. The summed E-state index contributed by atoms with van der Waals surface area (Å²) in [6.45, 7) is 0.260. The minimum atomic E-state index is -1.19. The Bertz CT molecular complexity index is 606. The molecular weight excluding hydrogens is 248 g/mol. The van der Waals surface area contributed by atoms with Gasteiger partial charge in [0.1, 0.15) is 22.8 Å². The number of aromatic hydroxyl groups is 1. The van der Waals surface area contributed by atoms with E-state index in [0.717, 1.165) is 0 Å². The molecule has 2 rings (SSSR count). The molecule has 19 heavy (non-hydrogen) atoms. The fourth-order valence-corrected chi connectivity index (χ4v) is 1.69. The largest absolute Gasteiger partial charge is 0.507 e. The first-order valence-corrected chi connectivity index (χ1v) is 5.65. The summed E-state index contributed by atoms with van der Waals surface area (Å²) >= 11 is 0. The van der Waals surface area contributed by atoms with Crippen LogP contribution in [0.5, 0.6) is 5.75 Å². The third-order valence-electron chi connectivity index (χ3n) is 2.76. The summed E-state index contributed by atoms with van der Waals surface area (Å²) in [4.78, 5) is 10.8. The summed E-state index contributed by atoms with van der Waals surface area (Å²) in [5, 5.41) is 18.4. The highest BCUT2D eigenvalue weighted by molar-refractivity contribution is 5.91. The number of nitrogens with two attached hydrogens (primary N) is 2. The Morgan fingerprint density at radius 2 is 2.05 bits per heavy atom. The Hall–Kier alpha value is -2.31. The van der Waals surface area contributed by atoms with Crippen molar-refractivity contribution in [2.45, 2.75) is 6.04 Å². The van der Waals surface area contributed by atoms with Gasteiger partial charge in [0.15, 0.2) is 0 Å². The van der Waals surface area contributed by atoms with Crippen LogP contribution in [0.3, 0.4) is 0 Å². The second kappa shape index (κ2) is 5.13. The first-order valence-electron chi connectivity index (χ1n) is 5.65. The van der Waals surface area contributed by atoms with E-state index in [1.807, 2.05) is 0 Å². The lowest BCUT2D eigenvalue weighted by Gasteiger charge is -2.05. The van der Waals surface area contributed by atoms with Gasteiger partial charge in [0.05, 0.1) is 6.04 Å². The number of hydrogen-bond acceptors (Lipinski definition) is 5. The molecule has 0 aliphatic heterocycles. The second-order valence-corrected chi connectivity index (χ2v) is 4.08. The minimum Gasteiger partial charge on any atom is -0.507 e. The molecule has 0 amide bonds. The van der Waals surface area contributed by atoms with Crippen LogP contribution >= 0.6 is 0 Å². The number of aromatic carboxylic acids is 1. The van der Waals surface area contributed by atoms with Gasteiger partial charge < -0.3 is 26.1 Å². The van der Waals surface area contributed by atoms with Gasteiger partial charge in [0.2, 0.25) is 0 Å². The zero-order chi connectivity index (χ0) is 14.0. The summed E-state index contributed by atoms with van der Waals surface area (Å²) in [5.41, 5.74) is 11.6. The molecule has 6 nitrogen and oxygen atoms in total. The highest BCUT2D eigenvalue weighted by atomic mass is 16.4. The lowest BCUT2D eigenvalue weighted by atomic mass is 10.1. The maximum absolute atomic E-state index is 10.8. The fourth-order valence-electron chi connectivity index (χ4n) is 1.69. The quantitative estimate of drug-likeness (QED) is 0.658. The Morgan fingerprint density at radius 3 is 2.63 bits per heavy atom. The number of furan rings is 1. The molecule has 0 saturated heterocycles. The van der Waals surface area contributed by atoms with E-state index >= 15 is 0 Å². The zero-order valence-electron chi connectivity index (χ0n) is 10.0. The molecule has 0 saturated carbocycles. The van der Waals surface area contributed by atoms with E-state index in [4.69, 9.17) is 21.0 Å². The molecule has 0 spiro atoms. The van der Waals surface area contributed by atoms with Crippen molar-refractivity contribution in [1.29, 1.82) is 0 Å². The van der Waals surface area contributed by atoms with Crippen molar-refractivity contribution in [3.05, 3.63) is 41.7 Å². The molecule has 0 aliphatic rings. The predicted octanol–water partition coefficient (Wildman–Crippen LogP) is 1.31. The van der Waals surface area contributed by atoms with Crippen LogP contribution in [0.15, 0.2) is 34.7 Å². The number of carbonyl (C=O) groups is 1. The molecule has 6 heteroatoms. The van der Waals surface area contributed by atoms with E-state index in [9.17, 15) is 9.90 Å². The third-order valence-corrected chi connectivity index (χ3v) is 2.76. The molecule has 0 radical (unpaired) electrons. The van der Waals surface area contributed by atoms with Crippen LogP contribution in [0.2, 0.25) is 0 Å². The first-order chi connectivity index (χ1) is 9.02. The van der Waals surface area contributed by atoms with Crippen LogP contribution in [-0.2, 0) is 0 Å². The third kappa shape index (κ3) is 2.59. The van der Waals surface area contributed by atoms with Crippen LogP contribution < -0.4 is 11.5 Å².